The lowest BCUT2D eigenvalue weighted by Gasteiger charge is -2.41. The number of aliphatic hydroxyl groups is 1. The Hall–Kier alpha value is -2.47. The number of β-amino-alcohol motifs (C(OH)–C–C–N with tert-alkyl or cyclic N) is 1. The van der Waals surface area contributed by atoms with Crippen LogP contribution in [0.2, 0.25) is 0 Å². The van der Waals surface area contributed by atoms with E-state index in [0.717, 1.165) is 24.1 Å². The van der Waals surface area contributed by atoms with Crippen LogP contribution in [0.4, 0.5) is 5.95 Å². The number of carbonyl (C=O) groups excluding carboxylic acids is 1. The molecule has 6 nitrogen and oxygen atoms in total. The summed E-state index contributed by atoms with van der Waals surface area (Å²) in [6, 6.07) is 9.68. The first-order chi connectivity index (χ1) is 12.5. The lowest BCUT2D eigenvalue weighted by atomic mass is 9.92. The van der Waals surface area contributed by atoms with Gasteiger partial charge in [0.1, 0.15) is 0 Å². The molecule has 2 heterocycles. The van der Waals surface area contributed by atoms with Crippen molar-refractivity contribution < 1.29 is 9.90 Å². The first-order valence-electron chi connectivity index (χ1n) is 9.00. The van der Waals surface area contributed by atoms with Gasteiger partial charge in [-0.15, -0.1) is 0 Å². The van der Waals surface area contributed by atoms with E-state index in [4.69, 9.17) is 0 Å². The van der Waals surface area contributed by atoms with Gasteiger partial charge in [-0.3, -0.25) is 4.79 Å². The smallest absolute Gasteiger partial charge is 0.226 e. The van der Waals surface area contributed by atoms with E-state index < -0.39 is 5.60 Å². The summed E-state index contributed by atoms with van der Waals surface area (Å²) in [7, 11) is 1.76. The van der Waals surface area contributed by atoms with Crippen molar-refractivity contribution in [1.29, 1.82) is 0 Å². The molecule has 1 aliphatic heterocycles. The van der Waals surface area contributed by atoms with Gasteiger partial charge in [-0.25, -0.2) is 9.97 Å². The molecule has 3 rings (SSSR count). The van der Waals surface area contributed by atoms with Crippen LogP contribution >= 0.6 is 0 Å². The number of anilines is 1. The first kappa shape index (κ1) is 18.3. The van der Waals surface area contributed by atoms with Crippen molar-refractivity contribution in [3.8, 4) is 0 Å². The van der Waals surface area contributed by atoms with E-state index in [1.807, 2.05) is 36.1 Å². The fourth-order valence-electron chi connectivity index (χ4n) is 3.50. The van der Waals surface area contributed by atoms with E-state index in [1.54, 1.807) is 30.4 Å². The van der Waals surface area contributed by atoms with Gasteiger partial charge >= 0.3 is 0 Å². The van der Waals surface area contributed by atoms with Gasteiger partial charge in [0.05, 0.1) is 25.1 Å². The van der Waals surface area contributed by atoms with Crippen molar-refractivity contribution in [2.45, 2.75) is 31.8 Å². The molecule has 1 aromatic carbocycles. The molecule has 0 aliphatic carbocycles. The van der Waals surface area contributed by atoms with E-state index in [1.165, 1.54) is 0 Å². The molecular formula is C20H26N4O2. The Morgan fingerprint density at radius 1 is 1.27 bits per heavy atom. The van der Waals surface area contributed by atoms with E-state index in [9.17, 15) is 9.90 Å². The normalized spacial score (nSPS) is 20.0. The van der Waals surface area contributed by atoms with Gasteiger partial charge in [0.25, 0.3) is 0 Å². The molecule has 0 saturated carbocycles. The monoisotopic (exact) mass is 354 g/mol. The molecule has 1 amide bonds. The molecule has 2 aromatic rings. The number of carbonyl (C=O) groups is 1. The second-order valence-electron chi connectivity index (χ2n) is 7.15. The second-order valence-corrected chi connectivity index (χ2v) is 7.15. The molecule has 1 fully saturated rings. The highest BCUT2D eigenvalue weighted by molar-refractivity contribution is 5.79. The number of aromatic nitrogens is 2. The van der Waals surface area contributed by atoms with Crippen LogP contribution < -0.4 is 4.90 Å². The number of likely N-dealkylation sites (N-methyl/N-ethyl adjacent to an activating group) is 1. The molecule has 26 heavy (non-hydrogen) atoms. The molecule has 0 spiro atoms. The van der Waals surface area contributed by atoms with Crippen LogP contribution in [-0.4, -0.2) is 58.2 Å². The highest BCUT2D eigenvalue weighted by Crippen LogP contribution is 2.24. The van der Waals surface area contributed by atoms with Crippen molar-refractivity contribution in [3.63, 3.8) is 0 Å². The van der Waals surface area contributed by atoms with Gasteiger partial charge < -0.3 is 14.9 Å². The molecule has 1 aromatic heterocycles. The summed E-state index contributed by atoms with van der Waals surface area (Å²) in [5.41, 5.74) is 1.19. The van der Waals surface area contributed by atoms with Crippen LogP contribution in [0, 0.1) is 6.92 Å². The number of hydrogen-bond acceptors (Lipinski definition) is 5. The van der Waals surface area contributed by atoms with Crippen LogP contribution in [0.1, 0.15) is 24.0 Å². The van der Waals surface area contributed by atoms with Crippen LogP contribution in [0.5, 0.6) is 0 Å². The van der Waals surface area contributed by atoms with Gasteiger partial charge in [-0.05, 0) is 37.0 Å². The molecule has 6 heteroatoms. The highest BCUT2D eigenvalue weighted by atomic mass is 16.3. The van der Waals surface area contributed by atoms with Gasteiger partial charge in [0.2, 0.25) is 11.9 Å². The summed E-state index contributed by atoms with van der Waals surface area (Å²) in [5, 5.41) is 11.1. The molecule has 138 valence electrons. The summed E-state index contributed by atoms with van der Waals surface area (Å²) >= 11 is 0. The average Bonchev–Trinajstić information content (AvgIpc) is 2.64. The molecular weight excluding hydrogens is 328 g/mol. The minimum absolute atomic E-state index is 0.0146. The van der Waals surface area contributed by atoms with Crippen LogP contribution in [0.3, 0.4) is 0 Å². The Bertz CT molecular complexity index is 752. The predicted molar refractivity (Wildman–Crippen MR) is 101 cm³/mol. The molecule has 0 radical (unpaired) electrons. The number of amides is 1. The zero-order chi connectivity index (χ0) is 18.6. The average molecular weight is 354 g/mol. The van der Waals surface area contributed by atoms with Crippen molar-refractivity contribution in [2.75, 3.05) is 31.6 Å². The summed E-state index contributed by atoms with van der Waals surface area (Å²) < 4.78 is 0. The van der Waals surface area contributed by atoms with E-state index in [0.29, 0.717) is 31.9 Å². The fraction of sp³-hybridized carbons (Fsp3) is 0.450. The first-order valence-corrected chi connectivity index (χ1v) is 9.00. The zero-order valence-electron chi connectivity index (χ0n) is 15.4. The second kappa shape index (κ2) is 7.83. The van der Waals surface area contributed by atoms with E-state index in [2.05, 4.69) is 9.97 Å². The lowest BCUT2D eigenvalue weighted by molar-refractivity contribution is -0.132. The van der Waals surface area contributed by atoms with Gasteiger partial charge in [0, 0.05) is 26.0 Å². The predicted octanol–water partition coefficient (Wildman–Crippen LogP) is 1.82. The molecule has 1 saturated heterocycles. The Balaban J connectivity index is 1.63. The third-order valence-electron chi connectivity index (χ3n) is 4.95. The maximum atomic E-state index is 12.6. The van der Waals surface area contributed by atoms with Crippen LogP contribution in [0.25, 0.3) is 0 Å². The van der Waals surface area contributed by atoms with Crippen molar-refractivity contribution in [3.05, 3.63) is 53.9 Å². The zero-order valence-corrected chi connectivity index (χ0v) is 15.4. The Labute approximate surface area is 154 Å². The van der Waals surface area contributed by atoms with Crippen molar-refractivity contribution >= 4 is 11.9 Å². The standard InChI is InChI=1S/C20H26N4O2/c1-16-7-3-4-8-17(16)13-18(25)23(2)14-20(26)9-5-12-24(15-20)19-21-10-6-11-22-19/h3-4,6-8,10-11,26H,5,9,12-15H2,1-2H3. The molecule has 1 aliphatic rings. The van der Waals surface area contributed by atoms with Crippen LogP contribution in [0.15, 0.2) is 42.7 Å². The minimum Gasteiger partial charge on any atom is -0.386 e. The van der Waals surface area contributed by atoms with Gasteiger partial charge in [-0.2, -0.15) is 0 Å². The van der Waals surface area contributed by atoms with Gasteiger partial charge in [-0.1, -0.05) is 24.3 Å². The fourth-order valence-corrected chi connectivity index (χ4v) is 3.50. The minimum atomic E-state index is -0.951. The number of hydrogen-bond donors (Lipinski definition) is 1. The number of aryl methyl sites for hydroxylation is 1. The van der Waals surface area contributed by atoms with Crippen molar-refractivity contribution in [1.82, 2.24) is 14.9 Å². The quantitative estimate of drug-likeness (QED) is 0.887. The SMILES string of the molecule is Cc1ccccc1CC(=O)N(C)CC1(O)CCCN(c2ncccn2)C1. The van der Waals surface area contributed by atoms with Gasteiger partial charge in [0.15, 0.2) is 0 Å². The maximum Gasteiger partial charge on any atom is 0.226 e. The molecule has 0 bridgehead atoms. The largest absolute Gasteiger partial charge is 0.386 e. The highest BCUT2D eigenvalue weighted by Gasteiger charge is 2.36. The Morgan fingerprint density at radius 3 is 2.73 bits per heavy atom. The summed E-state index contributed by atoms with van der Waals surface area (Å²) in [6.45, 7) is 3.56. The molecule has 1 unspecified atom stereocenters. The third kappa shape index (κ3) is 4.38. The third-order valence-corrected chi connectivity index (χ3v) is 4.95. The summed E-state index contributed by atoms with van der Waals surface area (Å²) in [4.78, 5) is 24.8. The maximum absolute atomic E-state index is 12.6. The number of piperidine rings is 1. The van der Waals surface area contributed by atoms with Crippen molar-refractivity contribution in [2.24, 2.45) is 0 Å². The van der Waals surface area contributed by atoms with Crippen LogP contribution in [-0.2, 0) is 11.2 Å². The van der Waals surface area contributed by atoms with E-state index >= 15 is 0 Å². The summed E-state index contributed by atoms with van der Waals surface area (Å²) in [6.07, 6.45) is 5.26. The Kier molecular flexibility index (Phi) is 5.52. The van der Waals surface area contributed by atoms with E-state index in [-0.39, 0.29) is 5.91 Å². The number of rotatable bonds is 5. The Morgan fingerprint density at radius 2 is 2.00 bits per heavy atom. The number of nitrogens with zero attached hydrogens (tertiary/aromatic N) is 4. The summed E-state index contributed by atoms with van der Waals surface area (Å²) in [5.74, 6) is 0.639. The molecule has 1 atom stereocenters. The lowest BCUT2D eigenvalue weighted by Crippen LogP contribution is -2.55. The molecule has 1 N–H and O–H groups in total. The topological polar surface area (TPSA) is 69.6 Å². The number of benzene rings is 1.